The van der Waals surface area contributed by atoms with Crippen LogP contribution in [0, 0.1) is 0 Å². The van der Waals surface area contributed by atoms with E-state index in [9.17, 15) is 0 Å². The molecule has 1 saturated heterocycles. The molecule has 28 heavy (non-hydrogen) atoms. The van der Waals surface area contributed by atoms with Crippen LogP contribution in [0.4, 0.5) is 5.95 Å². The number of hydrogen-bond acceptors (Lipinski definition) is 8. The molecule has 0 spiro atoms. The Morgan fingerprint density at radius 3 is 1.82 bits per heavy atom. The maximum Gasteiger partial charge on any atom is 0.227 e. The Balaban J connectivity index is 1.66. The molecule has 0 N–H and O–H groups in total. The predicted octanol–water partition coefficient (Wildman–Crippen LogP) is 4.18. The fourth-order valence-corrected chi connectivity index (χ4v) is 4.63. The molecule has 2 atom stereocenters. The molecule has 0 radical (unpaired) electrons. The van der Waals surface area contributed by atoms with Crippen molar-refractivity contribution in [2.75, 3.05) is 18.0 Å². The molecular formula is C20H21N5OS2. The van der Waals surface area contributed by atoms with Crippen molar-refractivity contribution in [1.29, 1.82) is 0 Å². The van der Waals surface area contributed by atoms with Crippen LogP contribution in [0.2, 0.25) is 0 Å². The minimum absolute atomic E-state index is 0.145. The molecule has 8 heteroatoms. The summed E-state index contributed by atoms with van der Waals surface area (Å²) < 4.78 is 5.86. The van der Waals surface area contributed by atoms with Crippen molar-refractivity contribution in [2.45, 2.75) is 46.2 Å². The molecule has 0 amide bonds. The lowest BCUT2D eigenvalue weighted by Gasteiger charge is -2.35. The van der Waals surface area contributed by atoms with Crippen LogP contribution in [0.5, 0.6) is 0 Å². The van der Waals surface area contributed by atoms with Gasteiger partial charge in [0.2, 0.25) is 5.95 Å². The van der Waals surface area contributed by atoms with Gasteiger partial charge in [-0.05, 0) is 61.6 Å². The maximum atomic E-state index is 5.86. The number of anilines is 1. The van der Waals surface area contributed by atoms with Crippen molar-refractivity contribution >= 4 is 29.5 Å². The highest BCUT2D eigenvalue weighted by Gasteiger charge is 2.25. The Hall–Kier alpha value is -2.16. The summed E-state index contributed by atoms with van der Waals surface area (Å²) in [7, 11) is 0. The summed E-state index contributed by atoms with van der Waals surface area (Å²) in [5.41, 5.74) is 0. The van der Waals surface area contributed by atoms with Crippen LogP contribution in [0.25, 0.3) is 0 Å². The van der Waals surface area contributed by atoms with E-state index in [-0.39, 0.29) is 12.2 Å². The van der Waals surface area contributed by atoms with Gasteiger partial charge >= 0.3 is 0 Å². The van der Waals surface area contributed by atoms with Crippen molar-refractivity contribution in [3.63, 3.8) is 0 Å². The highest BCUT2D eigenvalue weighted by molar-refractivity contribution is 8.00. The topological polar surface area (TPSA) is 64.0 Å². The summed E-state index contributed by atoms with van der Waals surface area (Å²) in [5.74, 6) is 0.723. The first-order valence-corrected chi connectivity index (χ1v) is 10.8. The van der Waals surface area contributed by atoms with Gasteiger partial charge in [0, 0.05) is 31.5 Å². The lowest BCUT2D eigenvalue weighted by Crippen LogP contribution is -2.46. The van der Waals surface area contributed by atoms with Gasteiger partial charge in [-0.2, -0.15) is 0 Å². The Morgan fingerprint density at radius 2 is 1.36 bits per heavy atom. The van der Waals surface area contributed by atoms with Crippen LogP contribution in [0.15, 0.2) is 75.0 Å². The van der Waals surface area contributed by atoms with Gasteiger partial charge in [0.25, 0.3) is 0 Å². The number of rotatable bonds is 5. The van der Waals surface area contributed by atoms with Crippen molar-refractivity contribution in [3.8, 4) is 0 Å². The van der Waals surface area contributed by atoms with Gasteiger partial charge in [0.1, 0.15) is 20.1 Å². The number of nitrogens with zero attached hydrogens (tertiary/aromatic N) is 5. The zero-order valence-electron chi connectivity index (χ0n) is 15.7. The average molecular weight is 412 g/mol. The quantitative estimate of drug-likeness (QED) is 0.579. The number of pyridine rings is 2. The van der Waals surface area contributed by atoms with Gasteiger partial charge in [-0.1, -0.05) is 12.1 Å². The smallest absolute Gasteiger partial charge is 0.227 e. The SMILES string of the molecule is CC1CN(c2nc(Sc3ccccn3)cc(Sc3ccccn3)n2)CC(C)O1. The minimum Gasteiger partial charge on any atom is -0.372 e. The largest absolute Gasteiger partial charge is 0.372 e. The number of aromatic nitrogens is 4. The standard InChI is InChI=1S/C20H21N5OS2/c1-14-12-25(13-15(2)26-14)20-23-18(27-16-7-3-5-9-21-16)11-19(24-20)28-17-8-4-6-10-22-17/h3-11,14-15H,12-13H2,1-2H3. The zero-order valence-corrected chi connectivity index (χ0v) is 17.4. The van der Waals surface area contributed by atoms with E-state index in [0.717, 1.165) is 39.1 Å². The summed E-state index contributed by atoms with van der Waals surface area (Å²) in [5, 5.41) is 3.55. The monoisotopic (exact) mass is 411 g/mol. The van der Waals surface area contributed by atoms with E-state index < -0.39 is 0 Å². The molecule has 0 aliphatic carbocycles. The summed E-state index contributed by atoms with van der Waals surface area (Å²) in [4.78, 5) is 20.6. The molecule has 0 aromatic carbocycles. The van der Waals surface area contributed by atoms with Gasteiger partial charge in [-0.3, -0.25) is 0 Å². The first-order chi connectivity index (χ1) is 13.7. The predicted molar refractivity (Wildman–Crippen MR) is 111 cm³/mol. The highest BCUT2D eigenvalue weighted by Crippen LogP contribution is 2.32. The van der Waals surface area contributed by atoms with E-state index in [1.807, 2.05) is 42.5 Å². The molecule has 1 aliphatic heterocycles. The molecule has 144 valence electrons. The second-order valence-electron chi connectivity index (χ2n) is 6.55. The van der Waals surface area contributed by atoms with Gasteiger partial charge in [-0.15, -0.1) is 0 Å². The minimum atomic E-state index is 0.145. The molecular weight excluding hydrogens is 390 g/mol. The van der Waals surface area contributed by atoms with E-state index >= 15 is 0 Å². The van der Waals surface area contributed by atoms with Crippen LogP contribution >= 0.6 is 23.5 Å². The molecule has 0 saturated carbocycles. The molecule has 0 bridgehead atoms. The van der Waals surface area contributed by atoms with Gasteiger partial charge in [-0.25, -0.2) is 19.9 Å². The van der Waals surface area contributed by atoms with Gasteiger partial charge in [0.05, 0.1) is 12.2 Å². The average Bonchev–Trinajstić information content (AvgIpc) is 2.69. The van der Waals surface area contributed by atoms with E-state index in [4.69, 9.17) is 14.7 Å². The number of morpholine rings is 1. The second kappa shape index (κ2) is 8.89. The summed E-state index contributed by atoms with van der Waals surface area (Å²) in [6.45, 7) is 5.71. The van der Waals surface area contributed by atoms with Gasteiger partial charge < -0.3 is 9.64 Å². The van der Waals surface area contributed by atoms with Crippen molar-refractivity contribution in [2.24, 2.45) is 0 Å². The van der Waals surface area contributed by atoms with Crippen LogP contribution < -0.4 is 4.90 Å². The van der Waals surface area contributed by atoms with Crippen LogP contribution in [-0.2, 0) is 4.74 Å². The van der Waals surface area contributed by atoms with E-state index in [1.165, 1.54) is 23.5 Å². The molecule has 3 aromatic rings. The van der Waals surface area contributed by atoms with Crippen LogP contribution in [-0.4, -0.2) is 45.2 Å². The van der Waals surface area contributed by atoms with Crippen LogP contribution in [0.3, 0.4) is 0 Å². The molecule has 3 aromatic heterocycles. The molecule has 1 aliphatic rings. The van der Waals surface area contributed by atoms with Crippen molar-refractivity contribution in [3.05, 3.63) is 54.9 Å². The zero-order chi connectivity index (χ0) is 19.3. The molecule has 4 rings (SSSR count). The second-order valence-corrected chi connectivity index (χ2v) is 8.63. The third kappa shape index (κ3) is 5.01. The van der Waals surface area contributed by atoms with E-state index in [0.29, 0.717) is 0 Å². The van der Waals surface area contributed by atoms with Gasteiger partial charge in [0.15, 0.2) is 0 Å². The third-order valence-corrected chi connectivity index (χ3v) is 5.80. The normalized spacial score (nSPS) is 19.6. The fourth-order valence-electron chi connectivity index (χ4n) is 3.01. The van der Waals surface area contributed by atoms with Crippen LogP contribution in [0.1, 0.15) is 13.8 Å². The van der Waals surface area contributed by atoms with E-state index in [2.05, 4.69) is 28.7 Å². The number of hydrogen-bond donors (Lipinski definition) is 0. The first kappa shape index (κ1) is 19.2. The van der Waals surface area contributed by atoms with E-state index in [1.54, 1.807) is 12.4 Å². The third-order valence-electron chi connectivity index (χ3n) is 4.06. The first-order valence-electron chi connectivity index (χ1n) is 9.13. The summed E-state index contributed by atoms with van der Waals surface area (Å²) in [6.07, 6.45) is 3.87. The summed E-state index contributed by atoms with van der Waals surface area (Å²) in [6, 6.07) is 13.7. The molecule has 6 nitrogen and oxygen atoms in total. The van der Waals surface area contributed by atoms with Crippen molar-refractivity contribution < 1.29 is 4.74 Å². The lowest BCUT2D eigenvalue weighted by molar-refractivity contribution is -0.00578. The highest BCUT2D eigenvalue weighted by atomic mass is 32.2. The Morgan fingerprint density at radius 1 is 0.821 bits per heavy atom. The van der Waals surface area contributed by atoms with Crippen molar-refractivity contribution in [1.82, 2.24) is 19.9 Å². The molecule has 2 unspecified atom stereocenters. The Bertz CT molecular complexity index is 843. The lowest BCUT2D eigenvalue weighted by atomic mass is 10.2. The number of ether oxygens (including phenoxy) is 1. The molecule has 1 fully saturated rings. The molecule has 4 heterocycles. The maximum absolute atomic E-state index is 5.86. The fraction of sp³-hybridized carbons (Fsp3) is 0.300. The summed E-state index contributed by atoms with van der Waals surface area (Å²) >= 11 is 3.08. The Labute approximate surface area is 173 Å². The Kier molecular flexibility index (Phi) is 6.09.